The van der Waals surface area contributed by atoms with Crippen LogP contribution in [0.3, 0.4) is 0 Å². The molecule has 0 aromatic heterocycles. The van der Waals surface area contributed by atoms with Gasteiger partial charge in [-0.2, -0.15) is 0 Å². The summed E-state index contributed by atoms with van der Waals surface area (Å²) in [5.74, 6) is -1.08. The van der Waals surface area contributed by atoms with Gasteiger partial charge in [0.2, 0.25) is 5.91 Å². The van der Waals surface area contributed by atoms with E-state index < -0.39 is 5.97 Å². The van der Waals surface area contributed by atoms with Gasteiger partial charge in [0.15, 0.2) is 0 Å². The summed E-state index contributed by atoms with van der Waals surface area (Å²) in [6, 6.07) is 5.14. The summed E-state index contributed by atoms with van der Waals surface area (Å²) in [4.78, 5) is 22.6. The third-order valence-corrected chi connectivity index (χ3v) is 2.70. The molecule has 0 radical (unpaired) electrons. The van der Waals surface area contributed by atoms with Crippen molar-refractivity contribution in [3.63, 3.8) is 0 Å². The summed E-state index contributed by atoms with van der Waals surface area (Å²) in [5, 5.41) is 14.8. The van der Waals surface area contributed by atoms with E-state index in [2.05, 4.69) is 10.6 Å². The lowest BCUT2D eigenvalue weighted by molar-refractivity contribution is -0.121. The molecule has 1 aromatic carbocycles. The van der Waals surface area contributed by atoms with Crippen molar-refractivity contribution in [3.05, 3.63) is 29.3 Å². The van der Waals surface area contributed by atoms with Gasteiger partial charge in [0, 0.05) is 32.3 Å². The number of hydrogen-bond acceptors (Lipinski definition) is 4. The number of ether oxygens (including phenoxy) is 1. The molecule has 0 spiro atoms. The zero-order chi connectivity index (χ0) is 15.0. The molecule has 0 heterocycles. The highest BCUT2D eigenvalue weighted by atomic mass is 16.5. The number of methoxy groups -OCH3 is 1. The molecule has 0 fully saturated rings. The number of aromatic carboxylic acids is 1. The number of amides is 1. The molecule has 1 aromatic rings. The second kappa shape index (κ2) is 8.16. The predicted molar refractivity (Wildman–Crippen MR) is 76.1 cm³/mol. The fraction of sp³-hybridized carbons (Fsp3) is 0.429. The molecule has 0 saturated carbocycles. The Morgan fingerprint density at radius 2 is 2.05 bits per heavy atom. The van der Waals surface area contributed by atoms with Crippen LogP contribution < -0.4 is 10.6 Å². The first kappa shape index (κ1) is 16.0. The molecule has 6 heteroatoms. The van der Waals surface area contributed by atoms with Gasteiger partial charge in [-0.3, -0.25) is 4.79 Å². The maximum Gasteiger partial charge on any atom is 0.337 e. The number of rotatable bonds is 8. The second-order valence-electron chi connectivity index (χ2n) is 4.37. The lowest BCUT2D eigenvalue weighted by atomic mass is 10.1. The predicted octanol–water partition coefficient (Wildman–Crippen LogP) is 1.26. The van der Waals surface area contributed by atoms with Crippen molar-refractivity contribution in [2.75, 3.05) is 32.1 Å². The van der Waals surface area contributed by atoms with Crippen LogP contribution in [0.25, 0.3) is 0 Å². The summed E-state index contributed by atoms with van der Waals surface area (Å²) in [6.07, 6.45) is 0.274. The van der Waals surface area contributed by atoms with E-state index in [4.69, 9.17) is 9.84 Å². The van der Waals surface area contributed by atoms with Gasteiger partial charge >= 0.3 is 5.97 Å². The van der Waals surface area contributed by atoms with E-state index >= 15 is 0 Å². The Morgan fingerprint density at radius 3 is 2.70 bits per heavy atom. The molecule has 0 aliphatic heterocycles. The minimum atomic E-state index is -0.985. The van der Waals surface area contributed by atoms with Crippen LogP contribution in [0.2, 0.25) is 0 Å². The van der Waals surface area contributed by atoms with Gasteiger partial charge in [-0.1, -0.05) is 11.6 Å². The number of carbonyl (C=O) groups is 2. The molecule has 1 rings (SSSR count). The van der Waals surface area contributed by atoms with Gasteiger partial charge in [0.05, 0.1) is 12.2 Å². The molecule has 20 heavy (non-hydrogen) atoms. The molecule has 0 bridgehead atoms. The highest BCUT2D eigenvalue weighted by Gasteiger charge is 2.10. The Balaban J connectivity index is 2.46. The summed E-state index contributed by atoms with van der Waals surface area (Å²) < 4.78 is 4.82. The van der Waals surface area contributed by atoms with E-state index in [0.717, 1.165) is 5.56 Å². The summed E-state index contributed by atoms with van der Waals surface area (Å²) in [7, 11) is 1.57. The monoisotopic (exact) mass is 280 g/mol. The van der Waals surface area contributed by atoms with Gasteiger partial charge in [-0.25, -0.2) is 4.79 Å². The Bertz CT molecular complexity index is 474. The van der Waals surface area contributed by atoms with E-state index in [0.29, 0.717) is 25.4 Å². The van der Waals surface area contributed by atoms with Gasteiger partial charge in [-0.15, -0.1) is 0 Å². The van der Waals surface area contributed by atoms with Crippen molar-refractivity contribution < 1.29 is 19.4 Å². The number of hydrogen-bond donors (Lipinski definition) is 3. The zero-order valence-corrected chi connectivity index (χ0v) is 11.7. The Hall–Kier alpha value is -2.08. The van der Waals surface area contributed by atoms with Crippen LogP contribution in [0.5, 0.6) is 0 Å². The fourth-order valence-corrected chi connectivity index (χ4v) is 1.68. The Morgan fingerprint density at radius 1 is 1.30 bits per heavy atom. The number of anilines is 1. The number of nitrogens with one attached hydrogen (secondary N) is 2. The van der Waals surface area contributed by atoms with E-state index in [-0.39, 0.29) is 17.9 Å². The smallest absolute Gasteiger partial charge is 0.337 e. The number of benzene rings is 1. The number of carboxylic acid groups (broad SMARTS) is 1. The van der Waals surface area contributed by atoms with Crippen LogP contribution >= 0.6 is 0 Å². The number of carboxylic acids is 1. The van der Waals surface area contributed by atoms with Crippen LogP contribution in [0, 0.1) is 6.92 Å². The lowest BCUT2D eigenvalue weighted by Gasteiger charge is -2.10. The van der Waals surface area contributed by atoms with Crippen molar-refractivity contribution in [1.29, 1.82) is 0 Å². The lowest BCUT2D eigenvalue weighted by Crippen LogP contribution is -2.28. The van der Waals surface area contributed by atoms with Crippen molar-refractivity contribution >= 4 is 17.6 Å². The summed E-state index contributed by atoms with van der Waals surface area (Å²) in [5.41, 5.74) is 1.61. The maximum atomic E-state index is 11.5. The number of carbonyl (C=O) groups excluding carboxylic acids is 1. The average Bonchev–Trinajstić information content (AvgIpc) is 2.40. The first-order valence-electron chi connectivity index (χ1n) is 6.38. The molecule has 0 atom stereocenters. The molecular weight excluding hydrogens is 260 g/mol. The standard InChI is InChI=1S/C14H20N2O4/c1-10-3-4-12(11(9-10)14(18)19)15-6-5-13(17)16-7-8-20-2/h3-4,9,15H,5-8H2,1-2H3,(H,16,17)(H,18,19). The van der Waals surface area contributed by atoms with Crippen LogP contribution in [0.15, 0.2) is 18.2 Å². The minimum absolute atomic E-state index is 0.0986. The minimum Gasteiger partial charge on any atom is -0.478 e. The van der Waals surface area contributed by atoms with Gasteiger partial charge in [0.1, 0.15) is 0 Å². The van der Waals surface area contributed by atoms with Gasteiger partial charge < -0.3 is 20.5 Å². The Labute approximate surface area is 118 Å². The summed E-state index contributed by atoms with van der Waals surface area (Å²) >= 11 is 0. The molecule has 110 valence electrons. The highest BCUT2D eigenvalue weighted by molar-refractivity contribution is 5.94. The van der Waals surface area contributed by atoms with Crippen LogP contribution in [-0.4, -0.2) is 43.8 Å². The highest BCUT2D eigenvalue weighted by Crippen LogP contribution is 2.17. The topological polar surface area (TPSA) is 87.7 Å². The van der Waals surface area contributed by atoms with Crippen LogP contribution in [0.4, 0.5) is 5.69 Å². The van der Waals surface area contributed by atoms with Crippen LogP contribution in [0.1, 0.15) is 22.3 Å². The van der Waals surface area contributed by atoms with Crippen LogP contribution in [-0.2, 0) is 9.53 Å². The van der Waals surface area contributed by atoms with E-state index in [1.807, 2.05) is 13.0 Å². The molecular formula is C14H20N2O4. The van der Waals surface area contributed by atoms with Crippen molar-refractivity contribution in [2.45, 2.75) is 13.3 Å². The number of aryl methyl sites for hydroxylation is 1. The van der Waals surface area contributed by atoms with E-state index in [1.54, 1.807) is 19.2 Å². The largest absolute Gasteiger partial charge is 0.478 e. The maximum absolute atomic E-state index is 11.5. The SMILES string of the molecule is COCCNC(=O)CCNc1ccc(C)cc1C(=O)O. The van der Waals surface area contributed by atoms with Crippen molar-refractivity contribution in [3.8, 4) is 0 Å². The fourth-order valence-electron chi connectivity index (χ4n) is 1.68. The van der Waals surface area contributed by atoms with E-state index in [9.17, 15) is 9.59 Å². The van der Waals surface area contributed by atoms with Gasteiger partial charge in [0.25, 0.3) is 0 Å². The molecule has 1 amide bonds. The molecule has 0 unspecified atom stereocenters. The first-order chi connectivity index (χ1) is 9.54. The first-order valence-corrected chi connectivity index (χ1v) is 6.38. The molecule has 0 saturated heterocycles. The van der Waals surface area contributed by atoms with Crippen molar-refractivity contribution in [1.82, 2.24) is 5.32 Å². The quantitative estimate of drug-likeness (QED) is 0.624. The molecule has 0 aliphatic carbocycles. The molecule has 0 aliphatic rings. The van der Waals surface area contributed by atoms with Crippen molar-refractivity contribution in [2.24, 2.45) is 0 Å². The zero-order valence-electron chi connectivity index (χ0n) is 11.7. The third kappa shape index (κ3) is 5.27. The average molecular weight is 280 g/mol. The Kier molecular flexibility index (Phi) is 6.52. The van der Waals surface area contributed by atoms with E-state index in [1.165, 1.54) is 0 Å². The molecule has 3 N–H and O–H groups in total. The molecule has 6 nitrogen and oxygen atoms in total. The second-order valence-corrected chi connectivity index (χ2v) is 4.37. The third-order valence-electron chi connectivity index (χ3n) is 2.70. The summed E-state index contributed by atoms with van der Waals surface area (Å²) in [6.45, 7) is 3.15. The van der Waals surface area contributed by atoms with Gasteiger partial charge in [-0.05, 0) is 19.1 Å². The normalized spacial score (nSPS) is 10.1.